The fourth-order valence-corrected chi connectivity index (χ4v) is 3.85. The van der Waals surface area contributed by atoms with Gasteiger partial charge < -0.3 is 5.32 Å². The van der Waals surface area contributed by atoms with E-state index in [0.717, 1.165) is 25.8 Å². The molecule has 0 aromatic carbocycles. The lowest BCUT2D eigenvalue weighted by atomic mass is 10.2. The Morgan fingerprint density at radius 3 is 2.53 bits per heavy atom. The number of piperidine rings is 1. The van der Waals surface area contributed by atoms with Gasteiger partial charge in [0.1, 0.15) is 0 Å². The number of sulfonamides is 1. The highest BCUT2D eigenvalue weighted by atomic mass is 32.2. The van der Waals surface area contributed by atoms with Crippen LogP contribution < -0.4 is 10.0 Å². The van der Waals surface area contributed by atoms with E-state index in [-0.39, 0.29) is 16.7 Å². The zero-order valence-electron chi connectivity index (χ0n) is 9.41. The van der Waals surface area contributed by atoms with Crippen LogP contribution in [0.25, 0.3) is 0 Å². The van der Waals surface area contributed by atoms with Gasteiger partial charge in [-0.15, -0.1) is 0 Å². The first-order chi connectivity index (χ1) is 6.92. The molecule has 0 spiro atoms. The van der Waals surface area contributed by atoms with Gasteiger partial charge in [0.05, 0.1) is 5.25 Å². The van der Waals surface area contributed by atoms with Crippen LogP contribution in [0.3, 0.4) is 0 Å². The third-order valence-corrected chi connectivity index (χ3v) is 5.40. The largest absolute Gasteiger partial charge is 0.315 e. The second-order valence-corrected chi connectivity index (χ2v) is 7.37. The van der Waals surface area contributed by atoms with Crippen LogP contribution in [-0.4, -0.2) is 32.8 Å². The van der Waals surface area contributed by atoms with Gasteiger partial charge in [0.15, 0.2) is 0 Å². The summed E-state index contributed by atoms with van der Waals surface area (Å²) in [5.41, 5.74) is 0.162. The molecular weight excluding hydrogens is 212 g/mol. The summed E-state index contributed by atoms with van der Waals surface area (Å²) in [7, 11) is -3.10. The summed E-state index contributed by atoms with van der Waals surface area (Å²) in [6, 6.07) is 0.157. The molecule has 1 heterocycles. The zero-order valence-corrected chi connectivity index (χ0v) is 10.2. The third-order valence-electron chi connectivity index (χ3n) is 3.51. The average molecular weight is 232 g/mol. The Morgan fingerprint density at radius 1 is 1.40 bits per heavy atom. The van der Waals surface area contributed by atoms with E-state index in [1.807, 2.05) is 0 Å². The van der Waals surface area contributed by atoms with E-state index >= 15 is 0 Å². The second kappa shape index (κ2) is 3.71. The second-order valence-electron chi connectivity index (χ2n) is 5.38. The van der Waals surface area contributed by atoms with Gasteiger partial charge in [-0.25, -0.2) is 13.1 Å². The highest BCUT2D eigenvalue weighted by Crippen LogP contribution is 2.45. The minimum Gasteiger partial charge on any atom is -0.315 e. The summed E-state index contributed by atoms with van der Waals surface area (Å²) < 4.78 is 26.8. The third kappa shape index (κ3) is 2.52. The molecule has 0 aromatic heterocycles. The molecule has 1 aliphatic heterocycles. The maximum atomic E-state index is 12.0. The van der Waals surface area contributed by atoms with Crippen LogP contribution >= 0.6 is 0 Å². The number of hydrogen-bond acceptors (Lipinski definition) is 3. The van der Waals surface area contributed by atoms with Gasteiger partial charge in [-0.2, -0.15) is 0 Å². The van der Waals surface area contributed by atoms with Crippen molar-refractivity contribution in [2.45, 2.75) is 44.4 Å². The lowest BCUT2D eigenvalue weighted by molar-refractivity contribution is 0.485. The number of nitrogens with one attached hydrogen (secondary N) is 2. The van der Waals surface area contributed by atoms with Crippen molar-refractivity contribution < 1.29 is 8.42 Å². The van der Waals surface area contributed by atoms with Crippen molar-refractivity contribution in [2.24, 2.45) is 5.41 Å². The summed E-state index contributed by atoms with van der Waals surface area (Å²) in [6.45, 7) is 5.74. The molecule has 5 heteroatoms. The van der Waals surface area contributed by atoms with Gasteiger partial charge in [-0.1, -0.05) is 13.8 Å². The van der Waals surface area contributed by atoms with Crippen LogP contribution in [-0.2, 0) is 10.0 Å². The normalized spacial score (nSPS) is 35.1. The fourth-order valence-electron chi connectivity index (χ4n) is 2.05. The molecule has 2 aliphatic rings. The molecule has 4 nitrogen and oxygen atoms in total. The Morgan fingerprint density at radius 2 is 2.07 bits per heavy atom. The predicted molar refractivity (Wildman–Crippen MR) is 60.1 cm³/mol. The van der Waals surface area contributed by atoms with E-state index in [4.69, 9.17) is 0 Å². The molecule has 1 saturated carbocycles. The quantitative estimate of drug-likeness (QED) is 0.743. The lowest BCUT2D eigenvalue weighted by Gasteiger charge is -2.23. The molecule has 1 saturated heterocycles. The van der Waals surface area contributed by atoms with Gasteiger partial charge in [-0.05, 0) is 31.2 Å². The van der Waals surface area contributed by atoms with E-state index in [9.17, 15) is 8.42 Å². The van der Waals surface area contributed by atoms with Gasteiger partial charge >= 0.3 is 0 Å². The van der Waals surface area contributed by atoms with Crippen LogP contribution in [0.4, 0.5) is 0 Å². The zero-order chi connectivity index (χ0) is 11.1. The first kappa shape index (κ1) is 11.4. The molecule has 2 atom stereocenters. The first-order valence-corrected chi connectivity index (χ1v) is 7.18. The summed E-state index contributed by atoms with van der Waals surface area (Å²) in [5.74, 6) is 0. The summed E-state index contributed by atoms with van der Waals surface area (Å²) in [6.07, 6.45) is 2.71. The van der Waals surface area contributed by atoms with Crippen LogP contribution in [0.1, 0.15) is 33.1 Å². The predicted octanol–water partition coefficient (Wildman–Crippen LogP) is 0.456. The van der Waals surface area contributed by atoms with E-state index in [2.05, 4.69) is 23.9 Å². The highest BCUT2D eigenvalue weighted by molar-refractivity contribution is 7.90. The van der Waals surface area contributed by atoms with Crippen LogP contribution in [0.15, 0.2) is 0 Å². The molecule has 2 fully saturated rings. The molecule has 0 bridgehead atoms. The summed E-state index contributed by atoms with van der Waals surface area (Å²) in [4.78, 5) is 0. The van der Waals surface area contributed by atoms with Gasteiger partial charge in [0.25, 0.3) is 0 Å². The van der Waals surface area contributed by atoms with Crippen molar-refractivity contribution in [1.29, 1.82) is 0 Å². The molecule has 2 rings (SSSR count). The van der Waals surface area contributed by atoms with E-state index in [1.165, 1.54) is 0 Å². The molecule has 0 radical (unpaired) electrons. The van der Waals surface area contributed by atoms with Gasteiger partial charge in [0.2, 0.25) is 10.0 Å². The van der Waals surface area contributed by atoms with Crippen LogP contribution in [0.2, 0.25) is 0 Å². The maximum Gasteiger partial charge on any atom is 0.216 e. The van der Waals surface area contributed by atoms with Gasteiger partial charge in [0, 0.05) is 12.6 Å². The highest BCUT2D eigenvalue weighted by Gasteiger charge is 2.48. The Kier molecular flexibility index (Phi) is 2.81. The molecular formula is C10H20N2O2S. The Balaban J connectivity index is 1.94. The van der Waals surface area contributed by atoms with E-state index in [1.54, 1.807) is 0 Å². The topological polar surface area (TPSA) is 58.2 Å². The summed E-state index contributed by atoms with van der Waals surface area (Å²) >= 11 is 0. The monoisotopic (exact) mass is 232 g/mol. The maximum absolute atomic E-state index is 12.0. The molecule has 15 heavy (non-hydrogen) atoms. The van der Waals surface area contributed by atoms with Crippen LogP contribution in [0, 0.1) is 5.41 Å². The molecule has 88 valence electrons. The molecule has 1 aliphatic carbocycles. The minimum atomic E-state index is -3.10. The number of rotatable bonds is 3. The Labute approximate surface area is 91.9 Å². The molecule has 0 amide bonds. The van der Waals surface area contributed by atoms with Crippen molar-refractivity contribution in [1.82, 2.24) is 10.0 Å². The standard InChI is InChI=1S/C10H20N2O2S/c1-10(2)6-9(10)12-15(13,14)8-4-3-5-11-7-8/h8-9,11-12H,3-7H2,1-2H3. The molecule has 2 unspecified atom stereocenters. The Bertz CT molecular complexity index is 331. The fraction of sp³-hybridized carbons (Fsp3) is 1.00. The van der Waals surface area contributed by atoms with Crippen LogP contribution in [0.5, 0.6) is 0 Å². The smallest absolute Gasteiger partial charge is 0.216 e. The van der Waals surface area contributed by atoms with Crippen molar-refractivity contribution in [3.05, 3.63) is 0 Å². The van der Waals surface area contributed by atoms with Crippen molar-refractivity contribution in [3.63, 3.8) is 0 Å². The van der Waals surface area contributed by atoms with E-state index < -0.39 is 10.0 Å². The Hall–Kier alpha value is -0.130. The lowest BCUT2D eigenvalue weighted by Crippen LogP contribution is -2.45. The summed E-state index contributed by atoms with van der Waals surface area (Å²) in [5, 5.41) is 2.90. The first-order valence-electron chi connectivity index (χ1n) is 5.64. The van der Waals surface area contributed by atoms with Crippen molar-refractivity contribution in [2.75, 3.05) is 13.1 Å². The number of hydrogen-bond donors (Lipinski definition) is 2. The van der Waals surface area contributed by atoms with E-state index in [0.29, 0.717) is 6.54 Å². The van der Waals surface area contributed by atoms with Gasteiger partial charge in [-0.3, -0.25) is 0 Å². The molecule has 0 aromatic rings. The minimum absolute atomic E-state index is 0.157. The molecule has 2 N–H and O–H groups in total. The van der Waals surface area contributed by atoms with Crippen molar-refractivity contribution in [3.8, 4) is 0 Å². The average Bonchev–Trinajstić information content (AvgIpc) is 2.74. The van der Waals surface area contributed by atoms with Crippen molar-refractivity contribution >= 4 is 10.0 Å². The SMILES string of the molecule is CC1(C)CC1NS(=O)(=O)C1CCCNC1.